The van der Waals surface area contributed by atoms with Gasteiger partial charge in [-0.1, -0.05) is 41.2 Å². The van der Waals surface area contributed by atoms with E-state index in [2.05, 4.69) is 25.4 Å². The lowest BCUT2D eigenvalue weighted by Crippen LogP contribution is -2.50. The Kier molecular flexibility index (Phi) is 7.02. The second-order valence-electron chi connectivity index (χ2n) is 9.61. The van der Waals surface area contributed by atoms with Gasteiger partial charge in [0.05, 0.1) is 12.4 Å². The Morgan fingerprint density at radius 1 is 1.05 bits per heavy atom. The van der Waals surface area contributed by atoms with Gasteiger partial charge < -0.3 is 15.1 Å². The van der Waals surface area contributed by atoms with Crippen LogP contribution in [0.3, 0.4) is 0 Å². The summed E-state index contributed by atoms with van der Waals surface area (Å²) in [6.45, 7) is -1.32. The summed E-state index contributed by atoms with van der Waals surface area (Å²) < 4.78 is 40.1. The van der Waals surface area contributed by atoms with E-state index in [0.717, 1.165) is 5.56 Å². The number of hydrogen-bond donors (Lipinski definition) is 1. The Morgan fingerprint density at radius 3 is 2.55 bits per heavy atom. The predicted octanol–water partition coefficient (Wildman–Crippen LogP) is 2.85. The molecule has 5 aromatic rings. The smallest absolute Gasteiger partial charge is 0.350 e. The first-order chi connectivity index (χ1) is 20.8. The minimum absolute atomic E-state index is 0.152. The Morgan fingerprint density at radius 2 is 1.83 bits per heavy atom. The maximum atomic E-state index is 13.4. The zero-order valence-corrected chi connectivity index (χ0v) is 22.0. The van der Waals surface area contributed by atoms with Gasteiger partial charge in [0.15, 0.2) is 11.4 Å². The Hall–Kier alpha value is -5.11. The van der Waals surface area contributed by atoms with Gasteiger partial charge in [0.1, 0.15) is 11.2 Å². The molecule has 0 aliphatic carbocycles. The summed E-state index contributed by atoms with van der Waals surface area (Å²) in [4.78, 5) is 37.6. The molecule has 1 fully saturated rings. The number of primary amides is 1. The predicted molar refractivity (Wildman–Crippen MR) is 145 cm³/mol. The molecule has 0 saturated carbocycles. The van der Waals surface area contributed by atoms with Crippen LogP contribution in [0.4, 0.5) is 8.78 Å². The molecule has 14 heteroatoms. The summed E-state index contributed by atoms with van der Waals surface area (Å²) in [5.41, 5.74) is 8.11. The van der Waals surface area contributed by atoms with E-state index in [4.69, 9.17) is 11.5 Å². The quantitative estimate of drug-likeness (QED) is 0.295. The molecule has 214 valence electrons. The molecule has 0 bridgehead atoms. The zero-order valence-electron chi connectivity index (χ0n) is 23.0. The lowest BCUT2D eigenvalue weighted by atomic mass is 10.0. The van der Waals surface area contributed by atoms with Crippen molar-refractivity contribution in [3.8, 4) is 11.5 Å². The maximum Gasteiger partial charge on any atom is 0.350 e. The van der Waals surface area contributed by atoms with E-state index < -0.39 is 24.9 Å². The number of aromatic nitrogens is 6. The lowest BCUT2D eigenvalue weighted by Gasteiger charge is -2.38. The van der Waals surface area contributed by atoms with Gasteiger partial charge in [-0.05, 0) is 40.6 Å². The summed E-state index contributed by atoms with van der Waals surface area (Å²) in [7, 11) is 0. The van der Waals surface area contributed by atoms with E-state index in [1.807, 2.05) is 35.2 Å². The fourth-order valence-electron chi connectivity index (χ4n) is 4.93. The van der Waals surface area contributed by atoms with Crippen molar-refractivity contribution in [1.29, 1.82) is 0 Å². The monoisotopic (exact) mass is 574 g/mol. The third kappa shape index (κ3) is 5.56. The van der Waals surface area contributed by atoms with Gasteiger partial charge in [-0.2, -0.15) is 8.78 Å². The van der Waals surface area contributed by atoms with Gasteiger partial charge in [0, 0.05) is 39.3 Å². The zero-order chi connectivity index (χ0) is 30.1. The molecular formula is C28H25F2N9O3. The second kappa shape index (κ2) is 11.4. The maximum absolute atomic E-state index is 13.4. The number of carbonyl (C=O) groups is 2. The summed E-state index contributed by atoms with van der Waals surface area (Å²) in [6, 6.07) is 16.8. The Labute approximate surface area is 239 Å². The van der Waals surface area contributed by atoms with Crippen molar-refractivity contribution in [2.24, 2.45) is 5.73 Å². The Balaban J connectivity index is 1.18. The van der Waals surface area contributed by atoms with Crippen LogP contribution < -0.4 is 5.73 Å². The van der Waals surface area contributed by atoms with Crippen LogP contribution in [0.5, 0.6) is 0 Å². The number of alkyl halides is 2. The van der Waals surface area contributed by atoms with Crippen molar-refractivity contribution in [1.82, 2.24) is 40.0 Å². The van der Waals surface area contributed by atoms with Crippen LogP contribution in [0.1, 0.15) is 41.4 Å². The second-order valence-corrected chi connectivity index (χ2v) is 9.61. The fourth-order valence-corrected chi connectivity index (χ4v) is 4.93. The highest BCUT2D eigenvalue weighted by atomic mass is 19.3. The van der Waals surface area contributed by atoms with Gasteiger partial charge in [-0.15, -0.1) is 10.2 Å². The van der Waals surface area contributed by atoms with Crippen LogP contribution in [0.2, 0.25) is 0 Å². The highest BCUT2D eigenvalue weighted by molar-refractivity contribution is 5.93. The number of hydrogen-bond acceptors (Lipinski definition) is 9. The van der Waals surface area contributed by atoms with Crippen LogP contribution in [0.25, 0.3) is 22.6 Å². The van der Waals surface area contributed by atoms with Gasteiger partial charge >= 0.3 is 6.55 Å². The standard InChI is InChI=1S/C28H25F2N9O3/c29-28(30)39-35-25(34-36-39)24(18-4-2-1-3-5-18)37-10-12-38(13-11-37)27(41)21-16-19(8-9-32-21)26-33-20-14-17(15-23(31)40)6-7-22(20)42-26/h1-9,14,16,24,28H,10-13,15H2,(H2,31,40)/i15D. The number of halogens is 2. The van der Waals surface area contributed by atoms with Crippen molar-refractivity contribution < 1.29 is 24.2 Å². The topological polar surface area (TPSA) is 149 Å². The lowest BCUT2D eigenvalue weighted by molar-refractivity contribution is -0.117. The van der Waals surface area contributed by atoms with Gasteiger partial charge in [0.2, 0.25) is 11.8 Å². The number of amides is 2. The molecular weight excluding hydrogens is 548 g/mol. The summed E-state index contributed by atoms with van der Waals surface area (Å²) in [5.74, 6) is -0.646. The van der Waals surface area contributed by atoms with Crippen molar-refractivity contribution in [3.05, 3.63) is 89.5 Å². The fraction of sp³-hybridized carbons (Fsp3) is 0.250. The minimum Gasteiger partial charge on any atom is -0.436 e. The molecule has 6 rings (SSSR count). The van der Waals surface area contributed by atoms with E-state index in [1.165, 1.54) is 6.20 Å². The average molecular weight is 575 g/mol. The molecule has 3 aromatic heterocycles. The van der Waals surface area contributed by atoms with Gasteiger partial charge in [-0.25, -0.2) is 4.98 Å². The number of fused-ring (bicyclic) bond motifs is 1. The molecule has 2 amide bonds. The van der Waals surface area contributed by atoms with Crippen LogP contribution in [0.15, 0.2) is 71.3 Å². The van der Waals surface area contributed by atoms with Crippen molar-refractivity contribution in [2.75, 3.05) is 26.2 Å². The van der Waals surface area contributed by atoms with Crippen molar-refractivity contribution in [2.45, 2.75) is 19.0 Å². The van der Waals surface area contributed by atoms with Crippen LogP contribution >= 0.6 is 0 Å². The molecule has 1 aliphatic heterocycles. The highest BCUT2D eigenvalue weighted by Crippen LogP contribution is 2.29. The third-order valence-electron chi connectivity index (χ3n) is 6.89. The molecule has 4 heterocycles. The van der Waals surface area contributed by atoms with E-state index in [0.29, 0.717) is 48.4 Å². The van der Waals surface area contributed by atoms with E-state index in [9.17, 15) is 18.4 Å². The molecule has 12 nitrogen and oxygen atoms in total. The van der Waals surface area contributed by atoms with E-state index >= 15 is 0 Å². The summed E-state index contributed by atoms with van der Waals surface area (Å²) >= 11 is 0. The molecule has 42 heavy (non-hydrogen) atoms. The number of pyridine rings is 1. The van der Waals surface area contributed by atoms with Crippen LogP contribution in [0, 0.1) is 0 Å². The molecule has 2 N–H and O–H groups in total. The molecule has 2 unspecified atom stereocenters. The first-order valence-corrected chi connectivity index (χ1v) is 13.0. The third-order valence-corrected chi connectivity index (χ3v) is 6.89. The molecule has 1 saturated heterocycles. The Bertz CT molecular complexity index is 1770. The molecule has 0 radical (unpaired) electrons. The average Bonchev–Trinajstić information content (AvgIpc) is 3.69. The molecule has 2 atom stereocenters. The number of piperazine rings is 1. The number of nitrogens with two attached hydrogens (primary N) is 1. The van der Waals surface area contributed by atoms with E-state index in [1.54, 1.807) is 35.2 Å². The molecule has 2 aromatic carbocycles. The van der Waals surface area contributed by atoms with Gasteiger partial charge in [-0.3, -0.25) is 19.5 Å². The summed E-state index contributed by atoms with van der Waals surface area (Å²) in [6.07, 6.45) is 0.274. The molecule has 0 spiro atoms. The number of tetrazole rings is 1. The number of oxazole rings is 1. The van der Waals surface area contributed by atoms with E-state index in [-0.39, 0.29) is 28.1 Å². The number of rotatable bonds is 8. The van der Waals surface area contributed by atoms with Crippen LogP contribution in [-0.4, -0.2) is 78.0 Å². The molecule has 1 aliphatic rings. The number of carbonyl (C=O) groups excluding carboxylic acids is 2. The largest absolute Gasteiger partial charge is 0.436 e. The normalized spacial score (nSPS) is 16.0. The van der Waals surface area contributed by atoms with Gasteiger partial charge in [0.25, 0.3) is 5.91 Å². The van der Waals surface area contributed by atoms with Crippen molar-refractivity contribution >= 4 is 22.9 Å². The highest BCUT2D eigenvalue weighted by Gasteiger charge is 2.32. The van der Waals surface area contributed by atoms with Crippen LogP contribution in [-0.2, 0) is 11.2 Å². The van der Waals surface area contributed by atoms with Crippen molar-refractivity contribution in [3.63, 3.8) is 0 Å². The SMILES string of the molecule is [2H]C(C(N)=O)c1ccc2oc(-c3ccnc(C(=O)N4CCN(C(c5ccccc5)c5nnn(C(F)F)n5)CC4)c3)nc2c1. The summed E-state index contributed by atoms with van der Waals surface area (Å²) in [5, 5.41) is 11.3. The number of nitrogens with zero attached hydrogens (tertiary/aromatic N) is 8. The number of benzene rings is 2. The minimum atomic E-state index is -2.90. The first kappa shape index (κ1) is 25.8. The first-order valence-electron chi connectivity index (χ1n) is 13.6.